The Morgan fingerprint density at radius 3 is 2.96 bits per heavy atom. The van der Waals surface area contributed by atoms with Crippen molar-refractivity contribution >= 4 is 11.7 Å². The number of halogens is 1. The van der Waals surface area contributed by atoms with E-state index in [0.29, 0.717) is 18.8 Å². The molecule has 28 heavy (non-hydrogen) atoms. The van der Waals surface area contributed by atoms with Gasteiger partial charge in [0.25, 0.3) is 0 Å². The van der Waals surface area contributed by atoms with Gasteiger partial charge in [-0.1, -0.05) is 6.42 Å². The zero-order valence-corrected chi connectivity index (χ0v) is 15.7. The molecule has 4 rings (SSSR count). The van der Waals surface area contributed by atoms with Gasteiger partial charge in [-0.05, 0) is 43.9 Å². The Hall–Kier alpha value is -2.95. The number of amides is 2. The highest BCUT2D eigenvalue weighted by Crippen LogP contribution is 2.28. The normalized spacial score (nSPS) is 19.4. The summed E-state index contributed by atoms with van der Waals surface area (Å²) in [4.78, 5) is 14.5. The molecule has 0 bridgehead atoms. The molecule has 1 fully saturated rings. The lowest BCUT2D eigenvalue weighted by Crippen LogP contribution is -2.42. The highest BCUT2D eigenvalue weighted by Gasteiger charge is 2.29. The summed E-state index contributed by atoms with van der Waals surface area (Å²) < 4.78 is 15.6. The second-order valence-corrected chi connectivity index (χ2v) is 7.45. The lowest BCUT2D eigenvalue weighted by Gasteiger charge is -2.32. The van der Waals surface area contributed by atoms with Crippen LogP contribution in [0.4, 0.5) is 14.9 Å². The zero-order valence-electron chi connectivity index (χ0n) is 15.7. The number of nitriles is 1. The first-order chi connectivity index (χ1) is 13.7. The Balaban J connectivity index is 1.48. The average Bonchev–Trinajstić information content (AvgIpc) is 2.97. The SMILES string of the molecule is N#Cc1cc(F)ccc1NC(=O)N1CCC[C@H](c2nnc3n2CCCCC3)C1. The monoisotopic (exact) mass is 382 g/mol. The molecule has 0 saturated carbocycles. The smallest absolute Gasteiger partial charge is 0.321 e. The van der Waals surface area contributed by atoms with Crippen molar-refractivity contribution in [3.8, 4) is 6.07 Å². The Kier molecular flexibility index (Phi) is 5.24. The van der Waals surface area contributed by atoms with Gasteiger partial charge >= 0.3 is 6.03 Å². The summed E-state index contributed by atoms with van der Waals surface area (Å²) >= 11 is 0. The second kappa shape index (κ2) is 7.97. The number of anilines is 1. The van der Waals surface area contributed by atoms with E-state index in [1.165, 1.54) is 18.6 Å². The molecule has 2 aliphatic rings. The van der Waals surface area contributed by atoms with E-state index >= 15 is 0 Å². The third-order valence-corrected chi connectivity index (χ3v) is 5.56. The first-order valence-corrected chi connectivity index (χ1v) is 9.83. The van der Waals surface area contributed by atoms with Gasteiger partial charge in [-0.25, -0.2) is 9.18 Å². The van der Waals surface area contributed by atoms with Crippen LogP contribution in [0.2, 0.25) is 0 Å². The molecule has 1 saturated heterocycles. The first-order valence-electron chi connectivity index (χ1n) is 9.83. The largest absolute Gasteiger partial charge is 0.324 e. The number of likely N-dealkylation sites (tertiary alicyclic amines) is 1. The Morgan fingerprint density at radius 2 is 2.11 bits per heavy atom. The van der Waals surface area contributed by atoms with Gasteiger partial charge in [0.05, 0.1) is 11.3 Å². The van der Waals surface area contributed by atoms with Crippen LogP contribution < -0.4 is 5.32 Å². The minimum absolute atomic E-state index is 0.115. The van der Waals surface area contributed by atoms with Gasteiger partial charge in [0.1, 0.15) is 23.5 Å². The number of fused-ring (bicyclic) bond motifs is 1. The van der Waals surface area contributed by atoms with E-state index < -0.39 is 5.82 Å². The van der Waals surface area contributed by atoms with Crippen LogP contribution in [-0.4, -0.2) is 38.8 Å². The molecule has 1 aromatic carbocycles. The fourth-order valence-electron chi connectivity index (χ4n) is 4.09. The molecule has 0 spiro atoms. The molecular weight excluding hydrogens is 359 g/mol. The fourth-order valence-corrected chi connectivity index (χ4v) is 4.09. The molecule has 1 atom stereocenters. The van der Waals surface area contributed by atoms with Crippen molar-refractivity contribution in [2.45, 2.75) is 51.0 Å². The van der Waals surface area contributed by atoms with E-state index in [0.717, 1.165) is 56.4 Å². The molecule has 2 amide bonds. The van der Waals surface area contributed by atoms with Gasteiger partial charge in [0.15, 0.2) is 0 Å². The van der Waals surface area contributed by atoms with Crippen molar-refractivity contribution in [2.24, 2.45) is 0 Å². The van der Waals surface area contributed by atoms with Gasteiger partial charge in [-0.15, -0.1) is 10.2 Å². The average molecular weight is 382 g/mol. The van der Waals surface area contributed by atoms with E-state index in [1.54, 1.807) is 4.90 Å². The predicted molar refractivity (Wildman–Crippen MR) is 101 cm³/mol. The van der Waals surface area contributed by atoms with Crippen LogP contribution in [0, 0.1) is 17.1 Å². The van der Waals surface area contributed by atoms with Crippen LogP contribution >= 0.6 is 0 Å². The summed E-state index contributed by atoms with van der Waals surface area (Å²) in [7, 11) is 0. The Bertz CT molecular complexity index is 918. The number of hydrogen-bond donors (Lipinski definition) is 1. The number of carbonyl (C=O) groups excluding carboxylic acids is 1. The Labute approximate surface area is 163 Å². The molecule has 1 N–H and O–H groups in total. The molecule has 0 aliphatic carbocycles. The van der Waals surface area contributed by atoms with Crippen molar-refractivity contribution in [2.75, 3.05) is 18.4 Å². The van der Waals surface area contributed by atoms with Gasteiger partial charge in [0.2, 0.25) is 0 Å². The van der Waals surface area contributed by atoms with Crippen molar-refractivity contribution in [3.05, 3.63) is 41.2 Å². The fraction of sp³-hybridized carbons (Fsp3) is 0.500. The lowest BCUT2D eigenvalue weighted by molar-refractivity contribution is 0.190. The van der Waals surface area contributed by atoms with Crippen LogP contribution in [0.15, 0.2) is 18.2 Å². The van der Waals surface area contributed by atoms with E-state index in [-0.39, 0.29) is 17.5 Å². The number of nitrogens with zero attached hydrogens (tertiary/aromatic N) is 5. The van der Waals surface area contributed by atoms with Crippen LogP contribution in [0.3, 0.4) is 0 Å². The zero-order chi connectivity index (χ0) is 19.5. The third kappa shape index (κ3) is 3.70. The maximum Gasteiger partial charge on any atom is 0.321 e. The van der Waals surface area contributed by atoms with Crippen molar-refractivity contribution < 1.29 is 9.18 Å². The predicted octanol–water partition coefficient (Wildman–Crippen LogP) is 3.43. The number of carbonyl (C=O) groups is 1. The summed E-state index contributed by atoms with van der Waals surface area (Å²) in [6.45, 7) is 2.15. The molecule has 0 radical (unpaired) electrons. The second-order valence-electron chi connectivity index (χ2n) is 7.45. The quantitative estimate of drug-likeness (QED) is 0.862. The van der Waals surface area contributed by atoms with Gasteiger partial charge in [-0.2, -0.15) is 5.26 Å². The number of urea groups is 1. The summed E-state index contributed by atoms with van der Waals surface area (Å²) in [5.41, 5.74) is 0.442. The Morgan fingerprint density at radius 1 is 1.21 bits per heavy atom. The van der Waals surface area contributed by atoms with Crippen molar-refractivity contribution in [1.82, 2.24) is 19.7 Å². The van der Waals surface area contributed by atoms with Crippen LogP contribution in [-0.2, 0) is 13.0 Å². The van der Waals surface area contributed by atoms with E-state index in [1.807, 2.05) is 6.07 Å². The summed E-state index contributed by atoms with van der Waals surface area (Å²) in [5.74, 6) is 1.69. The maximum absolute atomic E-state index is 13.3. The third-order valence-electron chi connectivity index (χ3n) is 5.56. The number of hydrogen-bond acceptors (Lipinski definition) is 4. The summed E-state index contributed by atoms with van der Waals surface area (Å²) in [5, 5.41) is 20.8. The van der Waals surface area contributed by atoms with Gasteiger partial charge < -0.3 is 14.8 Å². The molecule has 2 aromatic rings. The van der Waals surface area contributed by atoms with Crippen LogP contribution in [0.5, 0.6) is 0 Å². The van der Waals surface area contributed by atoms with E-state index in [4.69, 9.17) is 5.26 Å². The number of nitrogens with one attached hydrogen (secondary N) is 1. The highest BCUT2D eigenvalue weighted by molar-refractivity contribution is 5.90. The van der Waals surface area contributed by atoms with Crippen molar-refractivity contribution in [3.63, 3.8) is 0 Å². The van der Waals surface area contributed by atoms with Gasteiger partial charge in [0, 0.05) is 32.0 Å². The highest BCUT2D eigenvalue weighted by atomic mass is 19.1. The first kappa shape index (κ1) is 18.4. The molecular formula is C20H23FN6O. The standard InChI is InChI=1S/C20H23FN6O/c21-16-7-8-17(15(11-16)12-22)23-20(28)26-9-4-5-14(13-26)19-25-24-18-6-2-1-3-10-27(18)19/h7-8,11,14H,1-6,9-10,13H2,(H,23,28)/t14-/m0/s1. The molecule has 146 valence electrons. The number of aromatic nitrogens is 3. The van der Waals surface area contributed by atoms with Gasteiger partial charge in [-0.3, -0.25) is 0 Å². The van der Waals surface area contributed by atoms with Crippen LogP contribution in [0.25, 0.3) is 0 Å². The van der Waals surface area contributed by atoms with E-state index in [2.05, 4.69) is 20.1 Å². The molecule has 8 heteroatoms. The molecule has 3 heterocycles. The number of aryl methyl sites for hydroxylation is 1. The number of piperidine rings is 1. The lowest BCUT2D eigenvalue weighted by atomic mass is 9.97. The number of rotatable bonds is 2. The maximum atomic E-state index is 13.3. The molecule has 7 nitrogen and oxygen atoms in total. The van der Waals surface area contributed by atoms with E-state index in [9.17, 15) is 9.18 Å². The minimum atomic E-state index is -0.500. The molecule has 0 unspecified atom stereocenters. The van der Waals surface area contributed by atoms with Crippen molar-refractivity contribution in [1.29, 1.82) is 5.26 Å². The van der Waals surface area contributed by atoms with Crippen LogP contribution in [0.1, 0.15) is 55.2 Å². The summed E-state index contributed by atoms with van der Waals surface area (Å²) in [6, 6.07) is 5.43. The summed E-state index contributed by atoms with van der Waals surface area (Å²) in [6.07, 6.45) is 6.32. The minimum Gasteiger partial charge on any atom is -0.324 e. The number of benzene rings is 1. The topological polar surface area (TPSA) is 86.8 Å². The molecule has 2 aliphatic heterocycles. The molecule has 1 aromatic heterocycles.